The van der Waals surface area contributed by atoms with Gasteiger partial charge in [-0.3, -0.25) is 19.1 Å². The highest BCUT2D eigenvalue weighted by Gasteiger charge is 2.47. The maximum Gasteiger partial charge on any atom is 0.408 e. The lowest BCUT2D eigenvalue weighted by Gasteiger charge is -2.38. The van der Waals surface area contributed by atoms with Gasteiger partial charge in [-0.1, -0.05) is 11.6 Å². The number of aromatic nitrogens is 3. The summed E-state index contributed by atoms with van der Waals surface area (Å²) in [7, 11) is 0. The first kappa shape index (κ1) is 17.4. The number of fused-ring (bicyclic) bond motifs is 1. The molecular weight excluding hydrogens is 361 g/mol. The normalized spacial score (nSPS) is 17.3. The van der Waals surface area contributed by atoms with Crippen molar-refractivity contribution in [2.24, 2.45) is 0 Å². The van der Waals surface area contributed by atoms with Crippen molar-refractivity contribution in [3.8, 4) is 0 Å². The summed E-state index contributed by atoms with van der Waals surface area (Å²) in [6, 6.07) is 2.07. The van der Waals surface area contributed by atoms with Gasteiger partial charge in [-0.15, -0.1) is 0 Å². The van der Waals surface area contributed by atoms with Crippen LogP contribution in [0.15, 0.2) is 35.4 Å². The van der Waals surface area contributed by atoms with E-state index < -0.39 is 30.1 Å². The van der Waals surface area contributed by atoms with Crippen molar-refractivity contribution in [3.05, 3.63) is 51.7 Å². The molecule has 0 bridgehead atoms. The van der Waals surface area contributed by atoms with Crippen LogP contribution in [-0.4, -0.2) is 39.1 Å². The number of hydrogen-bond donors (Lipinski definition) is 0. The van der Waals surface area contributed by atoms with E-state index in [4.69, 9.17) is 11.6 Å². The topological polar surface area (TPSA) is 68.1 Å². The summed E-state index contributed by atoms with van der Waals surface area (Å²) in [5.74, 6) is -0.826. The maximum atomic E-state index is 13.4. The van der Waals surface area contributed by atoms with Gasteiger partial charge in [0.15, 0.2) is 5.78 Å². The van der Waals surface area contributed by atoms with Gasteiger partial charge in [0.25, 0.3) is 5.56 Å². The summed E-state index contributed by atoms with van der Waals surface area (Å²) in [6.45, 7) is -0.747. The Hall–Kier alpha value is -2.42. The van der Waals surface area contributed by atoms with E-state index in [0.717, 1.165) is 15.5 Å². The zero-order chi connectivity index (χ0) is 18.2. The molecule has 3 rings (SSSR count). The number of hydrogen-bond acceptors (Lipinski definition) is 5. The number of carbonyl (C=O) groups is 1. The summed E-state index contributed by atoms with van der Waals surface area (Å²) in [4.78, 5) is 32.8. The molecule has 6 nitrogen and oxygen atoms in total. The lowest BCUT2D eigenvalue weighted by molar-refractivity contribution is -0.152. The molecule has 0 unspecified atom stereocenters. The number of rotatable bonds is 3. The standard InChI is InChI=1S/C15H12ClF3N4O2/c16-12-6-13(25)22-5-3-11(15(17,18)19)23(14(22)21-12)8-10(24)9-2-1-4-20-7-9/h1-2,4,6-7,11H,3,5,8H2/t11-/m0/s1. The molecule has 0 aromatic carbocycles. The third-order valence-corrected chi connectivity index (χ3v) is 4.09. The number of ketones is 1. The number of nitrogens with zero attached hydrogens (tertiary/aromatic N) is 4. The molecule has 1 aliphatic rings. The van der Waals surface area contributed by atoms with Crippen molar-refractivity contribution in [2.45, 2.75) is 25.2 Å². The molecule has 0 radical (unpaired) electrons. The fraction of sp³-hybridized carbons (Fsp3) is 0.333. The van der Waals surface area contributed by atoms with Crippen LogP contribution in [0.4, 0.5) is 19.1 Å². The number of halogens is 4. The van der Waals surface area contributed by atoms with Gasteiger partial charge in [0.2, 0.25) is 5.95 Å². The molecule has 2 aromatic rings. The first-order valence-corrected chi connectivity index (χ1v) is 7.69. The van der Waals surface area contributed by atoms with Crippen LogP contribution in [0.25, 0.3) is 0 Å². The second kappa shape index (κ2) is 6.47. The van der Waals surface area contributed by atoms with Crippen molar-refractivity contribution < 1.29 is 18.0 Å². The minimum absolute atomic E-state index is 0.153. The van der Waals surface area contributed by atoms with E-state index in [9.17, 15) is 22.8 Å². The third kappa shape index (κ3) is 3.51. The van der Waals surface area contributed by atoms with Crippen molar-refractivity contribution in [2.75, 3.05) is 11.4 Å². The number of alkyl halides is 3. The molecule has 1 atom stereocenters. The Morgan fingerprint density at radius 1 is 1.40 bits per heavy atom. The SMILES string of the molecule is O=C(CN1c2nc(Cl)cc(=O)n2CC[C@H]1C(F)(F)F)c1cccnc1. The summed E-state index contributed by atoms with van der Waals surface area (Å²) in [5.41, 5.74) is -0.389. The van der Waals surface area contributed by atoms with Gasteiger partial charge in [-0.05, 0) is 18.6 Å². The predicted molar refractivity (Wildman–Crippen MR) is 83.9 cm³/mol. The Labute approximate surface area is 144 Å². The van der Waals surface area contributed by atoms with E-state index in [2.05, 4.69) is 9.97 Å². The fourth-order valence-electron chi connectivity index (χ4n) is 2.74. The van der Waals surface area contributed by atoms with Gasteiger partial charge >= 0.3 is 6.18 Å². The van der Waals surface area contributed by atoms with Crippen LogP contribution in [0.3, 0.4) is 0 Å². The van der Waals surface area contributed by atoms with Gasteiger partial charge < -0.3 is 4.90 Å². The van der Waals surface area contributed by atoms with E-state index in [-0.39, 0.29) is 29.6 Å². The van der Waals surface area contributed by atoms with Crippen LogP contribution >= 0.6 is 11.6 Å². The zero-order valence-corrected chi connectivity index (χ0v) is 13.5. The van der Waals surface area contributed by atoms with E-state index in [1.165, 1.54) is 24.5 Å². The first-order valence-electron chi connectivity index (χ1n) is 7.31. The Balaban J connectivity index is 2.03. The Morgan fingerprint density at radius 3 is 2.80 bits per heavy atom. The van der Waals surface area contributed by atoms with Crippen LogP contribution in [0.2, 0.25) is 5.15 Å². The molecule has 132 valence electrons. The molecule has 3 heterocycles. The summed E-state index contributed by atoms with van der Waals surface area (Å²) in [6.07, 6.45) is -2.22. The second-order valence-corrected chi connectivity index (χ2v) is 5.89. The molecule has 2 aromatic heterocycles. The zero-order valence-electron chi connectivity index (χ0n) is 12.7. The molecular formula is C15H12ClF3N4O2. The van der Waals surface area contributed by atoms with E-state index >= 15 is 0 Å². The van der Waals surface area contributed by atoms with Crippen molar-refractivity contribution in [3.63, 3.8) is 0 Å². The Kier molecular flexibility index (Phi) is 4.51. The second-order valence-electron chi connectivity index (χ2n) is 5.51. The van der Waals surface area contributed by atoms with Gasteiger partial charge in [0, 0.05) is 30.6 Å². The first-order chi connectivity index (χ1) is 11.8. The van der Waals surface area contributed by atoms with Crippen LogP contribution in [0, 0.1) is 0 Å². The molecule has 10 heteroatoms. The van der Waals surface area contributed by atoms with Gasteiger partial charge in [0.05, 0.1) is 6.54 Å². The minimum atomic E-state index is -4.58. The molecule has 0 aliphatic carbocycles. The quantitative estimate of drug-likeness (QED) is 0.611. The molecule has 0 saturated carbocycles. The average molecular weight is 373 g/mol. The fourth-order valence-corrected chi connectivity index (χ4v) is 2.91. The Morgan fingerprint density at radius 2 is 2.16 bits per heavy atom. The summed E-state index contributed by atoms with van der Waals surface area (Å²) in [5, 5.41) is -0.224. The van der Waals surface area contributed by atoms with Crippen LogP contribution in [0.1, 0.15) is 16.8 Å². The monoisotopic (exact) mass is 372 g/mol. The van der Waals surface area contributed by atoms with E-state index in [1.807, 2.05) is 0 Å². The predicted octanol–water partition coefficient (Wildman–Crippen LogP) is 2.32. The van der Waals surface area contributed by atoms with Crippen LogP contribution < -0.4 is 10.5 Å². The lowest BCUT2D eigenvalue weighted by atomic mass is 10.1. The lowest BCUT2D eigenvalue weighted by Crippen LogP contribution is -2.54. The van der Waals surface area contributed by atoms with Crippen molar-refractivity contribution >= 4 is 23.3 Å². The maximum absolute atomic E-state index is 13.4. The van der Waals surface area contributed by atoms with Gasteiger partial charge in [-0.2, -0.15) is 13.2 Å². The van der Waals surface area contributed by atoms with Crippen molar-refractivity contribution in [1.29, 1.82) is 0 Å². The van der Waals surface area contributed by atoms with Crippen LogP contribution in [-0.2, 0) is 6.54 Å². The highest BCUT2D eigenvalue weighted by Crippen LogP contribution is 2.33. The average Bonchev–Trinajstić information content (AvgIpc) is 2.55. The van der Waals surface area contributed by atoms with Crippen LogP contribution in [0.5, 0.6) is 0 Å². The molecule has 0 spiro atoms. The highest BCUT2D eigenvalue weighted by molar-refractivity contribution is 6.29. The minimum Gasteiger partial charge on any atom is -0.322 e. The van der Waals surface area contributed by atoms with Crippen molar-refractivity contribution in [1.82, 2.24) is 14.5 Å². The van der Waals surface area contributed by atoms with E-state index in [0.29, 0.717) is 0 Å². The molecule has 25 heavy (non-hydrogen) atoms. The van der Waals surface area contributed by atoms with Gasteiger partial charge in [-0.25, -0.2) is 4.98 Å². The number of pyridine rings is 1. The Bertz CT molecular complexity index is 854. The van der Waals surface area contributed by atoms with E-state index in [1.54, 1.807) is 0 Å². The molecule has 0 N–H and O–H groups in total. The largest absolute Gasteiger partial charge is 0.408 e. The summed E-state index contributed by atoms with van der Waals surface area (Å²) >= 11 is 5.74. The third-order valence-electron chi connectivity index (χ3n) is 3.89. The molecule has 1 aliphatic heterocycles. The summed E-state index contributed by atoms with van der Waals surface area (Å²) < 4.78 is 41.4. The molecule has 0 saturated heterocycles. The number of Topliss-reactive ketones (excluding diaryl/α,β-unsaturated/α-hetero) is 1. The smallest absolute Gasteiger partial charge is 0.322 e. The molecule has 0 fully saturated rings. The van der Waals surface area contributed by atoms with Gasteiger partial charge in [0.1, 0.15) is 11.2 Å². The number of anilines is 1. The highest BCUT2D eigenvalue weighted by atomic mass is 35.5. The number of carbonyl (C=O) groups excluding carboxylic acids is 1. The molecule has 0 amide bonds.